The summed E-state index contributed by atoms with van der Waals surface area (Å²) in [7, 11) is 0. The molecular formula is C20H16ClF4NO3S. The molecule has 0 saturated heterocycles. The Hall–Kier alpha value is -2.39. The summed E-state index contributed by atoms with van der Waals surface area (Å²) in [4.78, 5) is 11.3. The summed E-state index contributed by atoms with van der Waals surface area (Å²) in [6.07, 6.45) is -4.03. The monoisotopic (exact) mass is 461 g/mol. The van der Waals surface area contributed by atoms with E-state index in [1.807, 2.05) is 0 Å². The third-order valence-corrected chi connectivity index (χ3v) is 5.88. The van der Waals surface area contributed by atoms with Gasteiger partial charge < -0.3 is 14.8 Å². The van der Waals surface area contributed by atoms with Crippen molar-refractivity contribution < 1.29 is 32.6 Å². The van der Waals surface area contributed by atoms with E-state index in [4.69, 9.17) is 11.6 Å². The minimum Gasteiger partial charge on any atom is -0.506 e. The van der Waals surface area contributed by atoms with Gasteiger partial charge in [-0.15, -0.1) is 0 Å². The number of benzene rings is 2. The summed E-state index contributed by atoms with van der Waals surface area (Å²) < 4.78 is 53.0. The number of aliphatic carboxylic acids is 1. The van der Waals surface area contributed by atoms with E-state index in [0.29, 0.717) is 27.7 Å². The zero-order valence-corrected chi connectivity index (χ0v) is 17.1. The molecule has 0 saturated carbocycles. The van der Waals surface area contributed by atoms with Gasteiger partial charge in [-0.3, -0.25) is 4.79 Å². The number of halogens is 5. The molecule has 10 heteroatoms. The lowest BCUT2D eigenvalue weighted by Gasteiger charge is -2.15. The molecule has 2 aromatic carbocycles. The molecule has 1 heterocycles. The molecule has 30 heavy (non-hydrogen) atoms. The van der Waals surface area contributed by atoms with Crippen molar-refractivity contribution in [2.24, 2.45) is 0 Å². The molecule has 3 rings (SSSR count). The molecule has 0 fully saturated rings. The lowest BCUT2D eigenvalue weighted by molar-refractivity contribution is -0.136. The summed E-state index contributed by atoms with van der Waals surface area (Å²) in [5, 5.41) is 15.6. The minimum absolute atomic E-state index is 0.00216. The van der Waals surface area contributed by atoms with E-state index in [0.717, 1.165) is 0 Å². The largest absolute Gasteiger partial charge is 0.506 e. The van der Waals surface area contributed by atoms with Gasteiger partial charge >= 0.3 is 17.6 Å². The van der Waals surface area contributed by atoms with Crippen LogP contribution < -0.4 is 0 Å². The number of aromatic hydroxyl groups is 1. The number of nitrogens with zero attached hydrogens (tertiary/aromatic N) is 1. The number of phenolic OH excluding ortho intramolecular Hbond substituents is 1. The van der Waals surface area contributed by atoms with Crippen LogP contribution in [0.25, 0.3) is 10.9 Å². The van der Waals surface area contributed by atoms with Gasteiger partial charge in [-0.2, -0.15) is 8.78 Å². The molecule has 0 aliphatic heterocycles. The number of aromatic nitrogens is 1. The molecular weight excluding hydrogens is 446 g/mol. The van der Waals surface area contributed by atoms with Crippen molar-refractivity contribution in [3.05, 3.63) is 58.2 Å². The zero-order chi connectivity index (χ0) is 22.2. The molecule has 0 unspecified atom stereocenters. The van der Waals surface area contributed by atoms with Crippen molar-refractivity contribution >= 4 is 40.2 Å². The van der Waals surface area contributed by atoms with Gasteiger partial charge in [0, 0.05) is 22.5 Å². The maximum Gasteiger partial charge on any atom is 0.357 e. The van der Waals surface area contributed by atoms with E-state index >= 15 is 0 Å². The first-order valence-corrected chi connectivity index (χ1v) is 9.85. The van der Waals surface area contributed by atoms with E-state index < -0.39 is 17.6 Å². The first-order chi connectivity index (χ1) is 14.0. The third-order valence-electron chi connectivity index (χ3n) is 4.62. The first-order valence-electron chi connectivity index (χ1n) is 8.65. The van der Waals surface area contributed by atoms with Crippen molar-refractivity contribution in [3.63, 3.8) is 0 Å². The predicted octanol–water partition coefficient (Wildman–Crippen LogP) is 5.93. The lowest BCUT2D eigenvalue weighted by atomic mass is 10.1. The second-order valence-corrected chi connectivity index (χ2v) is 8.28. The van der Waals surface area contributed by atoms with Gasteiger partial charge in [-0.1, -0.05) is 23.7 Å². The van der Waals surface area contributed by atoms with Gasteiger partial charge in [-0.25, -0.2) is 8.78 Å². The molecule has 0 aliphatic carbocycles. The van der Waals surface area contributed by atoms with Crippen molar-refractivity contribution in [2.75, 3.05) is 0 Å². The number of hydrogen-bond donors (Lipinski definition) is 2. The Morgan fingerprint density at radius 1 is 1.23 bits per heavy atom. The first kappa shape index (κ1) is 22.3. The fourth-order valence-corrected chi connectivity index (χ4v) is 4.01. The minimum atomic E-state index is -4.18. The number of rotatable bonds is 7. The highest BCUT2D eigenvalue weighted by Gasteiger charge is 2.41. The van der Waals surface area contributed by atoms with Gasteiger partial charge in [-0.05, 0) is 54.1 Å². The van der Waals surface area contributed by atoms with Crippen LogP contribution in [0.3, 0.4) is 0 Å². The summed E-state index contributed by atoms with van der Waals surface area (Å²) in [5.74, 6) is -1.21. The van der Waals surface area contributed by atoms with Gasteiger partial charge in [0.25, 0.3) is 0 Å². The molecule has 0 spiro atoms. The van der Waals surface area contributed by atoms with Crippen LogP contribution in [0.1, 0.15) is 16.8 Å². The van der Waals surface area contributed by atoms with Gasteiger partial charge in [0.05, 0.1) is 17.0 Å². The molecule has 2 N–H and O–H groups in total. The fraction of sp³-hybridized carbons (Fsp3) is 0.250. The zero-order valence-electron chi connectivity index (χ0n) is 15.5. The van der Waals surface area contributed by atoms with E-state index in [1.165, 1.54) is 36.4 Å². The fourth-order valence-electron chi connectivity index (χ4n) is 3.18. The molecule has 0 aliphatic rings. The summed E-state index contributed by atoms with van der Waals surface area (Å²) in [5.41, 5.74) is 2.46. The Bertz CT molecular complexity index is 1100. The second-order valence-electron chi connectivity index (χ2n) is 6.65. The van der Waals surface area contributed by atoms with Gasteiger partial charge in [0.2, 0.25) is 0 Å². The molecule has 0 amide bonds. The molecule has 160 valence electrons. The highest BCUT2D eigenvalue weighted by Crippen LogP contribution is 2.40. The standard InChI is InChI=1S/C20H16ClF4NO3S/c1-10-13(7-18(28)29)14-6-17(27)15(21)8-16(14)26(10)9-11-2-4-12(5-3-11)30-20(24,25)19(22)23/h2-6,8,19,27H,7,9H2,1H3,(H,28,29). The van der Waals surface area contributed by atoms with E-state index in [9.17, 15) is 32.6 Å². The van der Waals surface area contributed by atoms with Crippen LogP contribution >= 0.6 is 23.4 Å². The Labute approximate surface area is 178 Å². The molecule has 4 nitrogen and oxygen atoms in total. The number of thioether (sulfide) groups is 1. The lowest BCUT2D eigenvalue weighted by Crippen LogP contribution is -2.21. The van der Waals surface area contributed by atoms with Crippen LogP contribution in [0.2, 0.25) is 5.02 Å². The van der Waals surface area contributed by atoms with E-state index in [1.54, 1.807) is 11.5 Å². The number of carboxylic acid groups (broad SMARTS) is 1. The number of carbonyl (C=O) groups is 1. The number of carboxylic acids is 1. The normalized spacial score (nSPS) is 12.1. The van der Waals surface area contributed by atoms with E-state index in [-0.39, 0.29) is 40.4 Å². The molecule has 0 radical (unpaired) electrons. The number of phenols is 1. The Morgan fingerprint density at radius 2 is 1.87 bits per heavy atom. The highest BCUT2D eigenvalue weighted by atomic mass is 35.5. The van der Waals surface area contributed by atoms with Gasteiger partial charge in [0.1, 0.15) is 5.75 Å². The van der Waals surface area contributed by atoms with Crippen molar-refractivity contribution in [1.29, 1.82) is 0 Å². The summed E-state index contributed by atoms with van der Waals surface area (Å²) >= 11 is 5.81. The average Bonchev–Trinajstić information content (AvgIpc) is 2.88. The second kappa shape index (κ2) is 8.39. The van der Waals surface area contributed by atoms with Crippen molar-refractivity contribution in [1.82, 2.24) is 4.57 Å². The topological polar surface area (TPSA) is 62.5 Å². The van der Waals surface area contributed by atoms with Crippen LogP contribution in [0.5, 0.6) is 5.75 Å². The number of fused-ring (bicyclic) bond motifs is 1. The molecule has 3 aromatic rings. The maximum atomic E-state index is 13.2. The molecule has 0 atom stereocenters. The maximum absolute atomic E-state index is 13.2. The van der Waals surface area contributed by atoms with Crippen LogP contribution in [-0.2, 0) is 17.8 Å². The molecule has 0 bridgehead atoms. The number of hydrogen-bond acceptors (Lipinski definition) is 3. The SMILES string of the molecule is Cc1c(CC(=O)O)c2cc(O)c(Cl)cc2n1Cc1ccc(SC(F)(F)C(F)F)cc1. The van der Waals surface area contributed by atoms with Gasteiger partial charge in [0.15, 0.2) is 0 Å². The smallest absolute Gasteiger partial charge is 0.357 e. The Balaban J connectivity index is 1.96. The summed E-state index contributed by atoms with van der Waals surface area (Å²) in [6, 6.07) is 8.66. The van der Waals surface area contributed by atoms with Crippen LogP contribution in [-0.4, -0.2) is 32.4 Å². The Morgan fingerprint density at radius 3 is 2.43 bits per heavy atom. The third kappa shape index (κ3) is 4.52. The van der Waals surface area contributed by atoms with Crippen LogP contribution in [0.15, 0.2) is 41.3 Å². The molecule has 1 aromatic heterocycles. The van der Waals surface area contributed by atoms with Crippen molar-refractivity contribution in [2.45, 2.75) is 36.5 Å². The number of alkyl halides is 4. The Kier molecular flexibility index (Phi) is 6.24. The summed E-state index contributed by atoms with van der Waals surface area (Å²) in [6.45, 7) is 2.00. The van der Waals surface area contributed by atoms with Crippen LogP contribution in [0, 0.1) is 6.92 Å². The van der Waals surface area contributed by atoms with E-state index in [2.05, 4.69) is 0 Å². The predicted molar refractivity (Wildman–Crippen MR) is 107 cm³/mol. The van der Waals surface area contributed by atoms with Crippen molar-refractivity contribution in [3.8, 4) is 5.75 Å². The van der Waals surface area contributed by atoms with Crippen LogP contribution in [0.4, 0.5) is 17.6 Å². The average molecular weight is 462 g/mol. The highest BCUT2D eigenvalue weighted by molar-refractivity contribution is 8.00. The quantitative estimate of drug-likeness (QED) is 0.338.